The monoisotopic (exact) mass is 339 g/mol. The first-order valence-electron chi connectivity index (χ1n) is 7.05. The van der Waals surface area contributed by atoms with Crippen LogP contribution in [0.1, 0.15) is 38.7 Å². The molecule has 4 heteroatoms. The number of nitrogens with zero attached hydrogens (tertiary/aromatic N) is 1. The maximum absolute atomic E-state index is 12.8. The van der Waals surface area contributed by atoms with Crippen LogP contribution in [0.5, 0.6) is 0 Å². The van der Waals surface area contributed by atoms with E-state index in [-0.39, 0.29) is 17.9 Å². The third-order valence-electron chi connectivity index (χ3n) is 3.61. The normalized spacial score (nSPS) is 20.1. The summed E-state index contributed by atoms with van der Waals surface area (Å²) in [6.07, 6.45) is 0.957. The van der Waals surface area contributed by atoms with Crippen LogP contribution in [0, 0.1) is 5.92 Å². The molecule has 1 fully saturated rings. The van der Waals surface area contributed by atoms with Crippen molar-refractivity contribution < 1.29 is 9.53 Å². The van der Waals surface area contributed by atoms with Gasteiger partial charge in [-0.15, -0.1) is 0 Å². The molecular formula is C16H21NO2Se. The molecule has 3 nitrogen and oxygen atoms in total. The topological polar surface area (TPSA) is 29.5 Å². The first-order valence-corrected chi connectivity index (χ1v) is 7.91. The van der Waals surface area contributed by atoms with Crippen molar-refractivity contribution in [2.45, 2.75) is 39.2 Å². The molecule has 1 aromatic carbocycles. The second-order valence-corrected chi connectivity index (χ2v) is 6.43. The fraction of sp³-hybridized carbons (Fsp3) is 0.500. The molecule has 0 aromatic heterocycles. The molecule has 108 valence electrons. The molecule has 0 unspecified atom stereocenters. The minimum absolute atomic E-state index is 0.105. The summed E-state index contributed by atoms with van der Waals surface area (Å²) in [5.41, 5.74) is 1.04. The number of amides is 1. The van der Waals surface area contributed by atoms with E-state index < -0.39 is 0 Å². The Balaban J connectivity index is 2.15. The van der Waals surface area contributed by atoms with Gasteiger partial charge in [0.25, 0.3) is 0 Å². The Morgan fingerprint density at radius 1 is 1.35 bits per heavy atom. The zero-order chi connectivity index (χ0) is 14.7. The summed E-state index contributed by atoms with van der Waals surface area (Å²) in [5.74, 6) is 0.487. The number of hydrogen-bond acceptors (Lipinski definition) is 2. The predicted octanol–water partition coefficient (Wildman–Crippen LogP) is 2.32. The summed E-state index contributed by atoms with van der Waals surface area (Å²) in [6, 6.07) is 10.0. The fourth-order valence-electron chi connectivity index (χ4n) is 2.54. The number of ether oxygens (including phenoxy) is 1. The second-order valence-electron chi connectivity index (χ2n) is 5.70. The molecule has 1 aromatic rings. The quantitative estimate of drug-likeness (QED) is 0.789. The zero-order valence-electron chi connectivity index (χ0n) is 12.2. The third kappa shape index (κ3) is 3.31. The molecular weight excluding hydrogens is 317 g/mol. The Morgan fingerprint density at radius 2 is 2.00 bits per heavy atom. The van der Waals surface area contributed by atoms with Crippen molar-refractivity contribution in [2.75, 3.05) is 6.61 Å². The van der Waals surface area contributed by atoms with Gasteiger partial charge in [0.05, 0.1) is 0 Å². The molecule has 0 aliphatic carbocycles. The van der Waals surface area contributed by atoms with Gasteiger partial charge < -0.3 is 0 Å². The van der Waals surface area contributed by atoms with E-state index in [1.165, 1.54) is 0 Å². The zero-order valence-corrected chi connectivity index (χ0v) is 13.9. The third-order valence-corrected chi connectivity index (χ3v) is 4.27. The summed E-state index contributed by atoms with van der Waals surface area (Å²) in [7, 11) is 0. The first kappa shape index (κ1) is 15.3. The van der Waals surface area contributed by atoms with Crippen LogP contribution < -0.4 is 0 Å². The Hall–Kier alpha value is -1.12. The van der Waals surface area contributed by atoms with Crippen molar-refractivity contribution in [3.05, 3.63) is 35.9 Å². The van der Waals surface area contributed by atoms with Gasteiger partial charge >= 0.3 is 128 Å². The van der Waals surface area contributed by atoms with Crippen molar-refractivity contribution in [1.29, 1.82) is 0 Å². The summed E-state index contributed by atoms with van der Waals surface area (Å²) < 4.78 is 6.17. The van der Waals surface area contributed by atoms with Crippen molar-refractivity contribution in [3.63, 3.8) is 0 Å². The molecule has 1 aliphatic heterocycles. The van der Waals surface area contributed by atoms with Crippen LogP contribution in [0.25, 0.3) is 0 Å². The average Bonchev–Trinajstić information content (AvgIpc) is 2.78. The van der Waals surface area contributed by atoms with E-state index in [1.807, 2.05) is 37.3 Å². The molecule has 2 atom stereocenters. The van der Waals surface area contributed by atoms with Gasteiger partial charge in [-0.3, -0.25) is 0 Å². The van der Waals surface area contributed by atoms with E-state index in [1.54, 1.807) is 4.90 Å². The Bertz CT molecular complexity index is 487. The van der Waals surface area contributed by atoms with Crippen LogP contribution in [0.2, 0.25) is 0 Å². The van der Waals surface area contributed by atoms with Crippen molar-refractivity contribution in [1.82, 2.24) is 4.90 Å². The fourth-order valence-corrected chi connectivity index (χ4v) is 3.19. The van der Waals surface area contributed by atoms with E-state index in [9.17, 15) is 4.79 Å². The molecule has 1 heterocycles. The van der Waals surface area contributed by atoms with Crippen LogP contribution in [0.15, 0.2) is 30.3 Å². The summed E-state index contributed by atoms with van der Waals surface area (Å²) in [4.78, 5) is 14.6. The number of rotatable bonds is 4. The first-order chi connectivity index (χ1) is 9.50. The van der Waals surface area contributed by atoms with Crippen LogP contribution in [0.3, 0.4) is 0 Å². The summed E-state index contributed by atoms with van der Waals surface area (Å²) in [5, 5.41) is 0. The second kappa shape index (κ2) is 6.55. The number of benzene rings is 1. The van der Waals surface area contributed by atoms with Crippen LogP contribution >= 0.6 is 0 Å². The van der Waals surface area contributed by atoms with Gasteiger partial charge in [-0.1, -0.05) is 0 Å². The summed E-state index contributed by atoms with van der Waals surface area (Å²) >= 11 is 2.88. The number of hydrogen-bond donors (Lipinski definition) is 0. The van der Waals surface area contributed by atoms with Gasteiger partial charge in [-0.2, -0.15) is 0 Å². The molecule has 1 aliphatic rings. The molecule has 2 rings (SSSR count). The summed E-state index contributed by atoms with van der Waals surface area (Å²) in [6.45, 7) is 6.88. The van der Waals surface area contributed by atoms with Gasteiger partial charge in [-0.05, 0) is 0 Å². The predicted molar refractivity (Wildman–Crippen MR) is 81.7 cm³/mol. The van der Waals surface area contributed by atoms with Gasteiger partial charge in [0.1, 0.15) is 0 Å². The number of carbonyl (C=O) groups excluding carboxylic acids is 1. The molecule has 0 N–H and O–H groups in total. The van der Waals surface area contributed by atoms with Crippen molar-refractivity contribution >= 4 is 26.2 Å². The molecule has 0 bridgehead atoms. The van der Waals surface area contributed by atoms with Crippen molar-refractivity contribution in [2.24, 2.45) is 5.92 Å². The standard InChI is InChI=1S/C16H21NO2Se/c1-11(2)9-14-10-19-16(20)17(14)15(18)12(3)13-7-5-4-6-8-13/h4-8,11-12,14H,9-10H2,1-3H3/t12-,14-/m0/s1. The Kier molecular flexibility index (Phi) is 5.00. The minimum atomic E-state index is -0.157. The molecule has 20 heavy (non-hydrogen) atoms. The molecule has 1 saturated heterocycles. The molecule has 0 saturated carbocycles. The van der Waals surface area contributed by atoms with E-state index >= 15 is 0 Å². The van der Waals surface area contributed by atoms with E-state index in [0.717, 1.165) is 12.0 Å². The van der Waals surface area contributed by atoms with Gasteiger partial charge in [0.15, 0.2) is 0 Å². The van der Waals surface area contributed by atoms with Crippen LogP contribution in [0.4, 0.5) is 0 Å². The molecule has 0 radical (unpaired) electrons. The van der Waals surface area contributed by atoms with Gasteiger partial charge in [0, 0.05) is 0 Å². The molecule has 1 amide bonds. The van der Waals surface area contributed by atoms with E-state index in [4.69, 9.17) is 4.74 Å². The van der Waals surface area contributed by atoms with Crippen LogP contribution in [-0.2, 0) is 9.53 Å². The average molecular weight is 338 g/mol. The molecule has 0 spiro atoms. The SMILES string of the molecule is CC(C)C[C@H]1COC(=[Se])N1C(=O)[C@@H](C)c1ccccc1. The van der Waals surface area contributed by atoms with Gasteiger partial charge in [0.2, 0.25) is 0 Å². The van der Waals surface area contributed by atoms with Crippen molar-refractivity contribution in [3.8, 4) is 0 Å². The van der Waals surface area contributed by atoms with Crippen LogP contribution in [-0.4, -0.2) is 43.8 Å². The maximum atomic E-state index is 12.8. The van der Waals surface area contributed by atoms with E-state index in [2.05, 4.69) is 29.4 Å². The van der Waals surface area contributed by atoms with E-state index in [0.29, 0.717) is 17.3 Å². The number of carbonyl (C=O) groups is 1. The Labute approximate surface area is 128 Å². The van der Waals surface area contributed by atoms with Gasteiger partial charge in [-0.25, -0.2) is 0 Å². The Morgan fingerprint density at radius 3 is 2.60 bits per heavy atom.